The van der Waals surface area contributed by atoms with E-state index in [0.29, 0.717) is 18.5 Å². The van der Waals surface area contributed by atoms with Crippen LogP contribution in [-0.2, 0) is 14.3 Å². The van der Waals surface area contributed by atoms with E-state index in [1.165, 1.54) is 4.90 Å². The molecule has 0 aromatic heterocycles. The van der Waals surface area contributed by atoms with E-state index in [-0.39, 0.29) is 24.3 Å². The number of hydrogen-bond donors (Lipinski definition) is 2. The number of benzene rings is 1. The Morgan fingerprint density at radius 2 is 1.79 bits per heavy atom. The maximum atomic E-state index is 13.8. The number of amides is 3. The highest BCUT2D eigenvalue weighted by molar-refractivity contribution is 5.92. The van der Waals surface area contributed by atoms with Crippen molar-refractivity contribution < 1.29 is 19.1 Å². The summed E-state index contributed by atoms with van der Waals surface area (Å²) in [6.45, 7) is 15.7. The molecule has 0 aliphatic carbocycles. The third kappa shape index (κ3) is 9.28. The summed E-state index contributed by atoms with van der Waals surface area (Å²) in [7, 11) is 0. The quantitative estimate of drug-likeness (QED) is 0.353. The van der Waals surface area contributed by atoms with Crippen LogP contribution in [-0.4, -0.2) is 47.5 Å². The van der Waals surface area contributed by atoms with Gasteiger partial charge in [-0.15, -0.1) is 6.58 Å². The lowest BCUT2D eigenvalue weighted by atomic mass is 9.95. The molecule has 0 bridgehead atoms. The lowest BCUT2D eigenvalue weighted by Crippen LogP contribution is -2.55. The van der Waals surface area contributed by atoms with E-state index in [1.54, 1.807) is 26.8 Å². The number of unbranched alkanes of at least 4 members (excludes halogenated alkanes) is 1. The molecule has 1 rings (SSSR count). The van der Waals surface area contributed by atoms with Crippen LogP contribution in [0.5, 0.6) is 0 Å². The predicted octanol–water partition coefficient (Wildman–Crippen LogP) is 4.60. The van der Waals surface area contributed by atoms with Crippen molar-refractivity contribution in [3.05, 3.63) is 48.6 Å². The van der Waals surface area contributed by atoms with Crippen molar-refractivity contribution in [2.75, 3.05) is 13.1 Å². The first kappa shape index (κ1) is 28.2. The van der Waals surface area contributed by atoms with Gasteiger partial charge >= 0.3 is 6.09 Å². The smallest absolute Gasteiger partial charge is 0.408 e. The van der Waals surface area contributed by atoms with Crippen molar-refractivity contribution in [3.8, 4) is 0 Å². The molecule has 0 saturated carbocycles. The van der Waals surface area contributed by atoms with Gasteiger partial charge in [-0.2, -0.15) is 0 Å². The van der Waals surface area contributed by atoms with Crippen LogP contribution in [0, 0.1) is 5.92 Å². The van der Waals surface area contributed by atoms with E-state index >= 15 is 0 Å². The molecule has 7 heteroatoms. The zero-order valence-electron chi connectivity index (χ0n) is 21.0. The van der Waals surface area contributed by atoms with E-state index in [9.17, 15) is 14.4 Å². The predicted molar refractivity (Wildman–Crippen MR) is 132 cm³/mol. The highest BCUT2D eigenvalue weighted by Crippen LogP contribution is 2.24. The van der Waals surface area contributed by atoms with Crippen molar-refractivity contribution in [2.24, 2.45) is 5.92 Å². The zero-order chi connectivity index (χ0) is 25.0. The van der Waals surface area contributed by atoms with Crippen LogP contribution < -0.4 is 10.6 Å². The molecular formula is C26H41N3O4. The summed E-state index contributed by atoms with van der Waals surface area (Å²) in [6.07, 6.45) is 3.38. The standard InChI is InChI=1S/C26H41N3O4/c1-8-11-17-27-23(30)22(20-15-13-12-14-16-20)29(18-9-2)24(31)21(19(4)10-3)28-25(32)33-26(5,6)7/h9,12-16,19,21-22H,2,8,10-11,17-18H2,1,3-7H3,(H,27,30)(H,28,32). The number of carbonyl (C=O) groups is 3. The second-order valence-corrected chi connectivity index (χ2v) is 9.25. The number of hydrogen-bond acceptors (Lipinski definition) is 4. The maximum Gasteiger partial charge on any atom is 0.408 e. The first-order valence-electron chi connectivity index (χ1n) is 11.8. The molecule has 1 aromatic carbocycles. The number of nitrogens with one attached hydrogen (secondary N) is 2. The van der Waals surface area contributed by atoms with Crippen molar-refractivity contribution >= 4 is 17.9 Å². The molecule has 0 heterocycles. The summed E-state index contributed by atoms with van der Waals surface area (Å²) < 4.78 is 5.39. The maximum absolute atomic E-state index is 13.8. The molecule has 0 saturated heterocycles. The number of rotatable bonds is 12. The van der Waals surface area contributed by atoms with Crippen LogP contribution >= 0.6 is 0 Å². The molecule has 0 aliphatic rings. The minimum atomic E-state index is -0.848. The van der Waals surface area contributed by atoms with E-state index in [4.69, 9.17) is 4.74 Å². The Bertz CT molecular complexity index is 773. The summed E-state index contributed by atoms with van der Waals surface area (Å²) in [5, 5.41) is 5.69. The number of carbonyl (C=O) groups excluding carboxylic acids is 3. The van der Waals surface area contributed by atoms with Crippen LogP contribution in [0.2, 0.25) is 0 Å². The molecule has 3 atom stereocenters. The van der Waals surface area contributed by atoms with Gasteiger partial charge in [-0.05, 0) is 38.7 Å². The average Bonchev–Trinajstić information content (AvgIpc) is 2.76. The van der Waals surface area contributed by atoms with Crippen molar-refractivity contribution in [1.29, 1.82) is 0 Å². The van der Waals surface area contributed by atoms with Crippen LogP contribution in [0.25, 0.3) is 0 Å². The van der Waals surface area contributed by atoms with Crippen molar-refractivity contribution in [3.63, 3.8) is 0 Å². The van der Waals surface area contributed by atoms with Gasteiger partial charge in [0.2, 0.25) is 11.8 Å². The molecule has 0 aliphatic heterocycles. The van der Waals surface area contributed by atoms with Gasteiger partial charge in [-0.1, -0.05) is 70.0 Å². The monoisotopic (exact) mass is 459 g/mol. The molecule has 3 unspecified atom stereocenters. The fourth-order valence-electron chi connectivity index (χ4n) is 3.35. The van der Waals surface area contributed by atoms with E-state index < -0.39 is 23.8 Å². The van der Waals surface area contributed by atoms with Crippen LogP contribution in [0.1, 0.15) is 72.4 Å². The highest BCUT2D eigenvalue weighted by atomic mass is 16.6. The van der Waals surface area contributed by atoms with Gasteiger partial charge in [-0.25, -0.2) is 4.79 Å². The molecule has 0 radical (unpaired) electrons. The van der Waals surface area contributed by atoms with E-state index in [2.05, 4.69) is 17.2 Å². The van der Waals surface area contributed by atoms with Crippen molar-refractivity contribution in [2.45, 2.75) is 78.5 Å². The van der Waals surface area contributed by atoms with Crippen LogP contribution in [0.15, 0.2) is 43.0 Å². The first-order chi connectivity index (χ1) is 15.6. The van der Waals surface area contributed by atoms with Gasteiger partial charge < -0.3 is 20.3 Å². The fourth-order valence-corrected chi connectivity index (χ4v) is 3.35. The normalized spacial score (nSPS) is 13.9. The number of nitrogens with zero attached hydrogens (tertiary/aromatic N) is 1. The summed E-state index contributed by atoms with van der Waals surface area (Å²) in [5.41, 5.74) is 0.00141. The molecule has 1 aromatic rings. The molecule has 3 amide bonds. The van der Waals surface area contributed by atoms with E-state index in [0.717, 1.165) is 12.8 Å². The van der Waals surface area contributed by atoms with Gasteiger partial charge in [0.25, 0.3) is 0 Å². The number of alkyl carbamates (subject to hydrolysis) is 1. The Hall–Kier alpha value is -2.83. The topological polar surface area (TPSA) is 87.7 Å². The second-order valence-electron chi connectivity index (χ2n) is 9.25. The van der Waals surface area contributed by atoms with Gasteiger partial charge in [-0.3, -0.25) is 9.59 Å². The van der Waals surface area contributed by atoms with Gasteiger partial charge in [0, 0.05) is 13.1 Å². The Morgan fingerprint density at radius 1 is 1.15 bits per heavy atom. The Labute approximate surface area is 198 Å². The largest absolute Gasteiger partial charge is 0.444 e. The molecule has 33 heavy (non-hydrogen) atoms. The average molecular weight is 460 g/mol. The minimum absolute atomic E-state index is 0.155. The summed E-state index contributed by atoms with van der Waals surface area (Å²) in [6, 6.07) is 7.49. The highest BCUT2D eigenvalue weighted by Gasteiger charge is 2.37. The van der Waals surface area contributed by atoms with E-state index in [1.807, 2.05) is 51.1 Å². The molecule has 2 N–H and O–H groups in total. The fraction of sp³-hybridized carbons (Fsp3) is 0.577. The molecule has 184 valence electrons. The summed E-state index contributed by atoms with van der Waals surface area (Å²) in [5.74, 6) is -0.781. The van der Waals surface area contributed by atoms with Gasteiger partial charge in [0.05, 0.1) is 0 Å². The Kier molecular flexibility index (Phi) is 11.7. The Balaban J connectivity index is 3.34. The molecule has 0 spiro atoms. The minimum Gasteiger partial charge on any atom is -0.444 e. The third-order valence-electron chi connectivity index (χ3n) is 5.27. The summed E-state index contributed by atoms with van der Waals surface area (Å²) >= 11 is 0. The van der Waals surface area contributed by atoms with Crippen molar-refractivity contribution in [1.82, 2.24) is 15.5 Å². The molecule has 7 nitrogen and oxygen atoms in total. The lowest BCUT2D eigenvalue weighted by Gasteiger charge is -2.35. The SMILES string of the molecule is C=CCN(C(=O)C(NC(=O)OC(C)(C)C)C(C)CC)C(C(=O)NCCCC)c1ccccc1. The van der Waals surface area contributed by atoms with Crippen LogP contribution in [0.4, 0.5) is 4.79 Å². The molecular weight excluding hydrogens is 418 g/mol. The molecule has 0 fully saturated rings. The Morgan fingerprint density at radius 3 is 2.30 bits per heavy atom. The third-order valence-corrected chi connectivity index (χ3v) is 5.27. The number of ether oxygens (including phenoxy) is 1. The zero-order valence-corrected chi connectivity index (χ0v) is 21.0. The van der Waals surface area contributed by atoms with Gasteiger partial charge in [0.15, 0.2) is 0 Å². The van der Waals surface area contributed by atoms with Gasteiger partial charge in [0.1, 0.15) is 17.7 Å². The second kappa shape index (κ2) is 13.7. The lowest BCUT2D eigenvalue weighted by molar-refractivity contribution is -0.142. The van der Waals surface area contributed by atoms with Crippen LogP contribution in [0.3, 0.4) is 0 Å². The summed E-state index contributed by atoms with van der Waals surface area (Å²) in [4.78, 5) is 41.1. The first-order valence-corrected chi connectivity index (χ1v) is 11.8.